The highest BCUT2D eigenvalue weighted by atomic mass is 16.2. The van der Waals surface area contributed by atoms with Crippen LogP contribution in [0.15, 0.2) is 0 Å². The molecule has 122 valence electrons. The summed E-state index contributed by atoms with van der Waals surface area (Å²) in [6.07, 6.45) is 8.25. The van der Waals surface area contributed by atoms with Crippen molar-refractivity contribution in [1.29, 1.82) is 0 Å². The Morgan fingerprint density at radius 2 is 2.09 bits per heavy atom. The van der Waals surface area contributed by atoms with Crippen molar-refractivity contribution in [2.45, 2.75) is 64.0 Å². The first-order chi connectivity index (χ1) is 10.8. The SMILES string of the molecule is CNCCCC(=O)N1CCCCC1c1nnc2n1CCCC2. The van der Waals surface area contributed by atoms with Crippen LogP contribution in [-0.2, 0) is 17.8 Å². The Labute approximate surface area is 132 Å². The molecule has 3 rings (SSSR count). The van der Waals surface area contributed by atoms with Crippen LogP contribution in [0.1, 0.15) is 62.6 Å². The molecule has 2 aliphatic rings. The number of rotatable bonds is 5. The van der Waals surface area contributed by atoms with Gasteiger partial charge in [0.25, 0.3) is 0 Å². The molecule has 1 aromatic heterocycles. The van der Waals surface area contributed by atoms with E-state index in [0.717, 1.165) is 57.0 Å². The van der Waals surface area contributed by atoms with E-state index in [1.807, 2.05) is 7.05 Å². The summed E-state index contributed by atoms with van der Waals surface area (Å²) in [5.41, 5.74) is 0. The summed E-state index contributed by atoms with van der Waals surface area (Å²) in [5.74, 6) is 2.40. The molecular formula is C16H27N5O. The molecule has 0 aromatic carbocycles. The van der Waals surface area contributed by atoms with Crippen molar-refractivity contribution in [3.8, 4) is 0 Å². The highest BCUT2D eigenvalue weighted by molar-refractivity contribution is 5.76. The third-order valence-corrected chi connectivity index (χ3v) is 4.83. The number of likely N-dealkylation sites (tertiary alicyclic amines) is 1. The largest absolute Gasteiger partial charge is 0.332 e. The van der Waals surface area contributed by atoms with Crippen LogP contribution in [0.4, 0.5) is 0 Å². The van der Waals surface area contributed by atoms with E-state index in [4.69, 9.17) is 0 Å². The molecule has 6 heteroatoms. The van der Waals surface area contributed by atoms with E-state index in [1.54, 1.807) is 0 Å². The first kappa shape index (κ1) is 15.5. The maximum Gasteiger partial charge on any atom is 0.223 e. The van der Waals surface area contributed by atoms with E-state index in [-0.39, 0.29) is 11.9 Å². The van der Waals surface area contributed by atoms with Crippen LogP contribution in [0.25, 0.3) is 0 Å². The smallest absolute Gasteiger partial charge is 0.223 e. The van der Waals surface area contributed by atoms with Gasteiger partial charge in [0.15, 0.2) is 5.82 Å². The minimum absolute atomic E-state index is 0.134. The van der Waals surface area contributed by atoms with Crippen LogP contribution < -0.4 is 5.32 Å². The van der Waals surface area contributed by atoms with E-state index in [1.165, 1.54) is 19.3 Å². The molecule has 0 spiro atoms. The molecule has 1 amide bonds. The zero-order valence-electron chi connectivity index (χ0n) is 13.6. The number of hydrogen-bond acceptors (Lipinski definition) is 4. The Morgan fingerprint density at radius 3 is 2.95 bits per heavy atom. The quantitative estimate of drug-likeness (QED) is 0.841. The summed E-state index contributed by atoms with van der Waals surface area (Å²) in [6.45, 7) is 2.77. The summed E-state index contributed by atoms with van der Waals surface area (Å²) >= 11 is 0. The molecule has 0 bridgehead atoms. The molecule has 1 unspecified atom stereocenters. The number of nitrogens with one attached hydrogen (secondary N) is 1. The highest BCUT2D eigenvalue weighted by Crippen LogP contribution is 2.32. The standard InChI is InChI=1S/C16H27N5O/c1-17-10-6-9-15(22)20-11-4-2-7-13(20)16-19-18-14-8-3-5-12-21(14)16/h13,17H,2-12H2,1H3. The monoisotopic (exact) mass is 305 g/mol. The lowest BCUT2D eigenvalue weighted by molar-refractivity contribution is -0.135. The molecule has 3 heterocycles. The molecule has 1 atom stereocenters. The molecule has 6 nitrogen and oxygen atoms in total. The number of aryl methyl sites for hydroxylation is 1. The van der Waals surface area contributed by atoms with Gasteiger partial charge in [-0.05, 0) is 52.1 Å². The maximum atomic E-state index is 12.6. The predicted molar refractivity (Wildman–Crippen MR) is 84.4 cm³/mol. The molecule has 1 N–H and O–H groups in total. The van der Waals surface area contributed by atoms with Crippen LogP contribution in [-0.4, -0.2) is 45.7 Å². The van der Waals surface area contributed by atoms with Gasteiger partial charge in [0.2, 0.25) is 5.91 Å². The predicted octanol–water partition coefficient (Wildman–Crippen LogP) is 1.67. The molecular weight excluding hydrogens is 278 g/mol. The third-order valence-electron chi connectivity index (χ3n) is 4.83. The Kier molecular flexibility index (Phi) is 5.08. The van der Waals surface area contributed by atoms with Crippen LogP contribution in [0, 0.1) is 0 Å². The Morgan fingerprint density at radius 1 is 1.23 bits per heavy atom. The summed E-state index contributed by atoms with van der Waals surface area (Å²) < 4.78 is 2.27. The highest BCUT2D eigenvalue weighted by Gasteiger charge is 2.32. The normalized spacial score (nSPS) is 21.7. The zero-order valence-corrected chi connectivity index (χ0v) is 13.6. The third kappa shape index (κ3) is 3.16. The molecule has 1 aromatic rings. The van der Waals surface area contributed by atoms with Gasteiger partial charge in [-0.3, -0.25) is 4.79 Å². The van der Waals surface area contributed by atoms with Crippen molar-refractivity contribution in [3.63, 3.8) is 0 Å². The van der Waals surface area contributed by atoms with Gasteiger partial charge in [0, 0.05) is 25.9 Å². The Balaban J connectivity index is 1.75. The van der Waals surface area contributed by atoms with Crippen LogP contribution in [0.2, 0.25) is 0 Å². The molecule has 0 aliphatic carbocycles. The summed E-state index contributed by atoms with van der Waals surface area (Å²) in [7, 11) is 1.93. The first-order valence-electron chi connectivity index (χ1n) is 8.67. The van der Waals surface area contributed by atoms with Gasteiger partial charge in [-0.25, -0.2) is 0 Å². The fourth-order valence-electron chi connectivity index (χ4n) is 3.64. The zero-order chi connectivity index (χ0) is 15.4. The number of nitrogens with zero attached hydrogens (tertiary/aromatic N) is 4. The number of carbonyl (C=O) groups excluding carboxylic acids is 1. The molecule has 1 saturated heterocycles. The van der Waals surface area contributed by atoms with Crippen molar-refractivity contribution in [3.05, 3.63) is 11.6 Å². The van der Waals surface area contributed by atoms with Crippen molar-refractivity contribution in [2.24, 2.45) is 0 Å². The fraction of sp³-hybridized carbons (Fsp3) is 0.812. The second-order valence-corrected chi connectivity index (χ2v) is 6.39. The van der Waals surface area contributed by atoms with E-state index < -0.39 is 0 Å². The van der Waals surface area contributed by atoms with Gasteiger partial charge in [0.05, 0.1) is 6.04 Å². The minimum atomic E-state index is 0.134. The Hall–Kier alpha value is -1.43. The lowest BCUT2D eigenvalue weighted by Crippen LogP contribution is -2.40. The maximum absolute atomic E-state index is 12.6. The van der Waals surface area contributed by atoms with Crippen molar-refractivity contribution >= 4 is 5.91 Å². The number of fused-ring (bicyclic) bond motifs is 1. The summed E-state index contributed by atoms with van der Waals surface area (Å²) in [5, 5.41) is 11.9. The second kappa shape index (κ2) is 7.22. The van der Waals surface area contributed by atoms with Gasteiger partial charge >= 0.3 is 0 Å². The molecule has 22 heavy (non-hydrogen) atoms. The lowest BCUT2D eigenvalue weighted by atomic mass is 10.00. The number of carbonyl (C=O) groups is 1. The van der Waals surface area contributed by atoms with E-state index in [9.17, 15) is 4.79 Å². The van der Waals surface area contributed by atoms with E-state index >= 15 is 0 Å². The average molecular weight is 305 g/mol. The number of hydrogen-bond donors (Lipinski definition) is 1. The van der Waals surface area contributed by atoms with Crippen molar-refractivity contribution in [1.82, 2.24) is 25.0 Å². The van der Waals surface area contributed by atoms with E-state index in [0.29, 0.717) is 6.42 Å². The van der Waals surface area contributed by atoms with Gasteiger partial charge in [-0.15, -0.1) is 10.2 Å². The van der Waals surface area contributed by atoms with Gasteiger partial charge in [0.1, 0.15) is 5.82 Å². The summed E-state index contributed by atoms with van der Waals surface area (Å²) in [4.78, 5) is 14.6. The van der Waals surface area contributed by atoms with Gasteiger partial charge in [-0.2, -0.15) is 0 Å². The molecule has 0 saturated carbocycles. The number of aromatic nitrogens is 3. The number of piperidine rings is 1. The van der Waals surface area contributed by atoms with Gasteiger partial charge < -0.3 is 14.8 Å². The lowest BCUT2D eigenvalue weighted by Gasteiger charge is -2.35. The molecule has 2 aliphatic heterocycles. The van der Waals surface area contributed by atoms with Crippen molar-refractivity contribution in [2.75, 3.05) is 20.1 Å². The van der Waals surface area contributed by atoms with Crippen molar-refractivity contribution < 1.29 is 4.79 Å². The molecule has 1 fully saturated rings. The van der Waals surface area contributed by atoms with Crippen LogP contribution in [0.5, 0.6) is 0 Å². The Bertz CT molecular complexity index is 513. The number of amides is 1. The topological polar surface area (TPSA) is 63.1 Å². The van der Waals surface area contributed by atoms with Crippen LogP contribution >= 0.6 is 0 Å². The fourth-order valence-corrected chi connectivity index (χ4v) is 3.64. The average Bonchev–Trinajstić information content (AvgIpc) is 2.99. The van der Waals surface area contributed by atoms with Crippen LogP contribution in [0.3, 0.4) is 0 Å². The van der Waals surface area contributed by atoms with E-state index in [2.05, 4.69) is 25.0 Å². The second-order valence-electron chi connectivity index (χ2n) is 6.39. The minimum Gasteiger partial charge on any atom is -0.332 e. The molecule has 0 radical (unpaired) electrons. The summed E-state index contributed by atoms with van der Waals surface area (Å²) in [6, 6.07) is 0.134. The van der Waals surface area contributed by atoms with Gasteiger partial charge in [-0.1, -0.05) is 0 Å². The first-order valence-corrected chi connectivity index (χ1v) is 8.67.